The average Bonchev–Trinajstić information content (AvgIpc) is 3.06. The van der Waals surface area contributed by atoms with Crippen molar-refractivity contribution < 1.29 is 19.1 Å². The maximum absolute atomic E-state index is 11.7. The Bertz CT molecular complexity index is 474. The highest BCUT2D eigenvalue weighted by Gasteiger charge is 2.52. The second-order valence-corrected chi connectivity index (χ2v) is 5.25. The molecule has 0 N–H and O–H groups in total. The zero-order valence-electron chi connectivity index (χ0n) is 10.5. The van der Waals surface area contributed by atoms with Crippen LogP contribution in [-0.4, -0.2) is 26.2 Å². The van der Waals surface area contributed by atoms with Gasteiger partial charge < -0.3 is 9.47 Å². The predicted molar refractivity (Wildman–Crippen MR) is 63.4 cm³/mol. The van der Waals surface area contributed by atoms with Crippen LogP contribution < -0.4 is 0 Å². The summed E-state index contributed by atoms with van der Waals surface area (Å²) in [6, 6.07) is 0. The molecule has 1 fully saturated rings. The van der Waals surface area contributed by atoms with Crippen LogP contribution >= 0.6 is 0 Å². The van der Waals surface area contributed by atoms with Gasteiger partial charge in [0, 0.05) is 11.1 Å². The van der Waals surface area contributed by atoms with E-state index >= 15 is 0 Å². The molecule has 0 spiro atoms. The van der Waals surface area contributed by atoms with E-state index in [0.717, 1.165) is 24.0 Å². The van der Waals surface area contributed by atoms with Gasteiger partial charge in [-0.25, -0.2) is 9.59 Å². The molecule has 0 saturated heterocycles. The van der Waals surface area contributed by atoms with E-state index < -0.39 is 0 Å². The van der Waals surface area contributed by atoms with Crippen molar-refractivity contribution in [2.24, 2.45) is 23.7 Å². The second kappa shape index (κ2) is 3.97. The van der Waals surface area contributed by atoms with Gasteiger partial charge >= 0.3 is 11.9 Å². The van der Waals surface area contributed by atoms with Crippen LogP contribution in [0.4, 0.5) is 0 Å². The normalized spacial score (nSPS) is 35.9. The third-order valence-corrected chi connectivity index (χ3v) is 4.54. The van der Waals surface area contributed by atoms with Gasteiger partial charge in [-0.2, -0.15) is 0 Å². The van der Waals surface area contributed by atoms with Crippen LogP contribution in [0.3, 0.4) is 0 Å². The summed E-state index contributed by atoms with van der Waals surface area (Å²) in [4.78, 5) is 23.2. The van der Waals surface area contributed by atoms with Crippen LogP contribution in [-0.2, 0) is 19.1 Å². The summed E-state index contributed by atoms with van der Waals surface area (Å²) in [5.41, 5.74) is 1.57. The fraction of sp³-hybridized carbons (Fsp3) is 0.571. The number of allylic oxidation sites excluding steroid dienone is 2. The van der Waals surface area contributed by atoms with Gasteiger partial charge in [-0.05, 0) is 36.5 Å². The van der Waals surface area contributed by atoms with Gasteiger partial charge in [0.05, 0.1) is 14.2 Å². The molecule has 0 aliphatic heterocycles. The van der Waals surface area contributed by atoms with Crippen LogP contribution in [0.2, 0.25) is 0 Å². The molecule has 4 heteroatoms. The number of rotatable bonds is 2. The first-order valence-corrected chi connectivity index (χ1v) is 6.24. The van der Waals surface area contributed by atoms with Gasteiger partial charge in [-0.1, -0.05) is 12.2 Å². The number of hydrogen-bond donors (Lipinski definition) is 0. The van der Waals surface area contributed by atoms with E-state index in [1.807, 2.05) is 12.2 Å². The minimum absolute atomic E-state index is 0.215. The summed E-state index contributed by atoms with van der Waals surface area (Å²) in [7, 11) is 2.82. The van der Waals surface area contributed by atoms with E-state index in [-0.39, 0.29) is 17.9 Å². The number of hydrogen-bond acceptors (Lipinski definition) is 4. The lowest BCUT2D eigenvalue weighted by molar-refractivity contribution is -0.137. The Kier molecular flexibility index (Phi) is 2.54. The molecule has 3 aliphatic rings. The van der Waals surface area contributed by atoms with E-state index in [1.54, 1.807) is 0 Å². The smallest absolute Gasteiger partial charge is 0.333 e. The Labute approximate surface area is 106 Å². The fourth-order valence-corrected chi connectivity index (χ4v) is 3.80. The minimum atomic E-state index is -0.233. The van der Waals surface area contributed by atoms with Crippen molar-refractivity contribution in [3.8, 4) is 0 Å². The minimum Gasteiger partial charge on any atom is -0.466 e. The molecule has 1 saturated carbocycles. The Balaban J connectivity index is 1.81. The van der Waals surface area contributed by atoms with E-state index in [0.29, 0.717) is 17.8 Å². The van der Waals surface area contributed by atoms with Gasteiger partial charge in [0.2, 0.25) is 0 Å². The van der Waals surface area contributed by atoms with Crippen molar-refractivity contribution in [3.05, 3.63) is 23.3 Å². The highest BCUT2D eigenvalue weighted by atomic mass is 16.5. The molecule has 18 heavy (non-hydrogen) atoms. The van der Waals surface area contributed by atoms with Gasteiger partial charge in [-0.3, -0.25) is 0 Å². The SMILES string of the molecule is COC(=O)C1=C[C@H]2[C@H](C1)[C@@H]1C[C@H]2C=C1C(=O)OC. The fourth-order valence-electron chi connectivity index (χ4n) is 3.80. The average molecular weight is 248 g/mol. The molecule has 4 nitrogen and oxygen atoms in total. The van der Waals surface area contributed by atoms with Crippen molar-refractivity contribution in [2.45, 2.75) is 12.8 Å². The van der Waals surface area contributed by atoms with Crippen LogP contribution in [0.5, 0.6) is 0 Å². The molecule has 96 valence electrons. The van der Waals surface area contributed by atoms with Crippen molar-refractivity contribution in [1.82, 2.24) is 0 Å². The molecule has 0 amide bonds. The first kappa shape index (κ1) is 11.5. The molecule has 4 atom stereocenters. The van der Waals surface area contributed by atoms with Crippen LogP contribution in [0.15, 0.2) is 23.3 Å². The maximum Gasteiger partial charge on any atom is 0.333 e. The quantitative estimate of drug-likeness (QED) is 0.694. The summed E-state index contributed by atoms with van der Waals surface area (Å²) < 4.78 is 9.58. The van der Waals surface area contributed by atoms with Gasteiger partial charge in [0.1, 0.15) is 0 Å². The molecular formula is C14H16O4. The number of ether oxygens (including phenoxy) is 2. The summed E-state index contributed by atoms with van der Waals surface area (Å²) in [6.45, 7) is 0. The topological polar surface area (TPSA) is 52.6 Å². The lowest BCUT2D eigenvalue weighted by atomic mass is 9.81. The molecule has 3 aliphatic carbocycles. The molecule has 3 rings (SSSR count). The Morgan fingerprint density at radius 3 is 2.56 bits per heavy atom. The third-order valence-electron chi connectivity index (χ3n) is 4.54. The summed E-state index contributed by atoms with van der Waals surface area (Å²) in [5, 5.41) is 0. The lowest BCUT2D eigenvalue weighted by Crippen LogP contribution is -2.22. The zero-order valence-corrected chi connectivity index (χ0v) is 10.5. The third kappa shape index (κ3) is 1.44. The van der Waals surface area contributed by atoms with Crippen LogP contribution in [0.25, 0.3) is 0 Å². The highest BCUT2D eigenvalue weighted by molar-refractivity contribution is 5.91. The number of esters is 2. The van der Waals surface area contributed by atoms with Gasteiger partial charge in [0.15, 0.2) is 0 Å². The zero-order chi connectivity index (χ0) is 12.9. The molecule has 2 bridgehead atoms. The Hall–Kier alpha value is -1.58. The number of methoxy groups -OCH3 is 2. The molecule has 0 unspecified atom stereocenters. The van der Waals surface area contributed by atoms with Crippen molar-refractivity contribution >= 4 is 11.9 Å². The maximum atomic E-state index is 11.7. The summed E-state index contributed by atoms with van der Waals surface area (Å²) >= 11 is 0. The molecule has 0 aromatic rings. The summed E-state index contributed by atoms with van der Waals surface area (Å²) in [6.07, 6.45) is 5.83. The first-order chi connectivity index (χ1) is 8.65. The largest absolute Gasteiger partial charge is 0.466 e. The van der Waals surface area contributed by atoms with E-state index in [4.69, 9.17) is 9.47 Å². The number of fused-ring (bicyclic) bond motifs is 5. The molecule has 0 aromatic carbocycles. The van der Waals surface area contributed by atoms with Crippen LogP contribution in [0, 0.1) is 23.7 Å². The van der Waals surface area contributed by atoms with Gasteiger partial charge in [-0.15, -0.1) is 0 Å². The van der Waals surface area contributed by atoms with E-state index in [9.17, 15) is 9.59 Å². The highest BCUT2D eigenvalue weighted by Crippen LogP contribution is 2.57. The molecule has 0 heterocycles. The van der Waals surface area contributed by atoms with Crippen LogP contribution in [0.1, 0.15) is 12.8 Å². The molecule has 0 aromatic heterocycles. The van der Waals surface area contributed by atoms with Crippen molar-refractivity contribution in [1.29, 1.82) is 0 Å². The second-order valence-electron chi connectivity index (χ2n) is 5.25. The van der Waals surface area contributed by atoms with Crippen molar-refractivity contribution in [3.63, 3.8) is 0 Å². The molecular weight excluding hydrogens is 232 g/mol. The van der Waals surface area contributed by atoms with Gasteiger partial charge in [0.25, 0.3) is 0 Å². The molecule has 0 radical (unpaired) electrons. The number of carbonyl (C=O) groups is 2. The lowest BCUT2D eigenvalue weighted by Gasteiger charge is -2.23. The standard InChI is InChI=1S/C14H16O4/c1-17-13(15)8-5-9-7-3-11(10(9)6-8)12(4-7)14(16)18-2/h4-5,7,9-11H,3,6H2,1-2H3/t7-,9+,10-,11-/m0/s1. The first-order valence-electron chi connectivity index (χ1n) is 6.24. The van der Waals surface area contributed by atoms with E-state index in [2.05, 4.69) is 0 Å². The summed E-state index contributed by atoms with van der Waals surface area (Å²) in [5.74, 6) is 0.971. The predicted octanol–water partition coefficient (Wildman–Crippen LogP) is 1.47. The number of carbonyl (C=O) groups excluding carboxylic acids is 2. The Morgan fingerprint density at radius 2 is 1.89 bits per heavy atom. The monoisotopic (exact) mass is 248 g/mol. The van der Waals surface area contributed by atoms with Crippen molar-refractivity contribution in [2.75, 3.05) is 14.2 Å². The van der Waals surface area contributed by atoms with E-state index in [1.165, 1.54) is 14.2 Å². The Morgan fingerprint density at radius 1 is 1.17 bits per heavy atom.